The van der Waals surface area contributed by atoms with Crippen molar-refractivity contribution < 1.29 is 24.2 Å². The Labute approximate surface area is 106 Å². The summed E-state index contributed by atoms with van der Waals surface area (Å²) in [6.45, 7) is 7.88. The fraction of sp³-hybridized carbons (Fsp3) is 0.750. The molecule has 0 saturated carbocycles. The molecule has 6 heteroatoms. The molecule has 1 unspecified atom stereocenters. The molecule has 1 aliphatic heterocycles. The minimum Gasteiger partial charge on any atom is -0.480 e. The van der Waals surface area contributed by atoms with Crippen LogP contribution >= 0.6 is 0 Å². The third-order valence-corrected chi connectivity index (χ3v) is 2.89. The predicted molar refractivity (Wildman–Crippen MR) is 63.2 cm³/mol. The number of carbonyl (C=O) groups excluding carboxylic acids is 2. The van der Waals surface area contributed by atoms with E-state index in [-0.39, 0.29) is 12.3 Å². The van der Waals surface area contributed by atoms with Gasteiger partial charge in [-0.15, -0.1) is 0 Å². The van der Waals surface area contributed by atoms with Gasteiger partial charge < -0.3 is 9.84 Å². The van der Waals surface area contributed by atoms with Crippen molar-refractivity contribution in [3.63, 3.8) is 0 Å². The number of carboxylic acids is 1. The van der Waals surface area contributed by atoms with E-state index < -0.39 is 29.1 Å². The summed E-state index contributed by atoms with van der Waals surface area (Å²) < 4.78 is 5.12. The lowest BCUT2D eigenvalue weighted by Gasteiger charge is -2.29. The third kappa shape index (κ3) is 2.63. The van der Waals surface area contributed by atoms with Gasteiger partial charge in [-0.25, -0.2) is 9.59 Å². The highest BCUT2D eigenvalue weighted by Crippen LogP contribution is 2.34. The van der Waals surface area contributed by atoms with Gasteiger partial charge >= 0.3 is 12.1 Å². The van der Waals surface area contributed by atoms with E-state index in [4.69, 9.17) is 4.74 Å². The van der Waals surface area contributed by atoms with Gasteiger partial charge in [-0.1, -0.05) is 13.8 Å². The van der Waals surface area contributed by atoms with Gasteiger partial charge in [0.15, 0.2) is 5.78 Å². The van der Waals surface area contributed by atoms with Gasteiger partial charge in [-0.05, 0) is 20.8 Å². The van der Waals surface area contributed by atoms with E-state index in [9.17, 15) is 19.5 Å². The molecule has 1 heterocycles. The van der Waals surface area contributed by atoms with Crippen LogP contribution in [-0.2, 0) is 14.3 Å². The number of aliphatic carboxylic acids is 1. The summed E-state index contributed by atoms with van der Waals surface area (Å²) in [4.78, 5) is 35.9. The van der Waals surface area contributed by atoms with E-state index in [2.05, 4.69) is 0 Å². The van der Waals surface area contributed by atoms with Gasteiger partial charge in [0.25, 0.3) is 0 Å². The maximum Gasteiger partial charge on any atom is 0.411 e. The zero-order valence-electron chi connectivity index (χ0n) is 11.3. The summed E-state index contributed by atoms with van der Waals surface area (Å²) in [7, 11) is 0. The number of Topliss-reactive ketones (excluding diaryl/α,β-unsaturated/α-hetero) is 1. The van der Waals surface area contributed by atoms with Gasteiger partial charge in [0.2, 0.25) is 0 Å². The number of ketones is 1. The molecule has 102 valence electrons. The molecule has 1 saturated heterocycles. The Morgan fingerprint density at radius 2 is 1.89 bits per heavy atom. The zero-order chi connectivity index (χ0) is 14.3. The number of carbonyl (C=O) groups is 3. The molecule has 18 heavy (non-hydrogen) atoms. The summed E-state index contributed by atoms with van der Waals surface area (Å²) >= 11 is 0. The summed E-state index contributed by atoms with van der Waals surface area (Å²) in [5.74, 6) is -1.47. The summed E-state index contributed by atoms with van der Waals surface area (Å²) in [5.41, 5.74) is -1.82. The van der Waals surface area contributed by atoms with Crippen LogP contribution in [0.3, 0.4) is 0 Å². The van der Waals surface area contributed by atoms with E-state index in [1.165, 1.54) is 13.8 Å². The molecular weight excluding hydrogens is 238 g/mol. The molecule has 0 aromatic heterocycles. The van der Waals surface area contributed by atoms with Crippen molar-refractivity contribution in [3.8, 4) is 0 Å². The van der Waals surface area contributed by atoms with Crippen molar-refractivity contribution in [2.75, 3.05) is 6.54 Å². The molecule has 0 bridgehead atoms. The summed E-state index contributed by atoms with van der Waals surface area (Å²) in [5, 5.41) is 9.18. The van der Waals surface area contributed by atoms with Crippen LogP contribution < -0.4 is 0 Å². The van der Waals surface area contributed by atoms with Crippen LogP contribution in [0.15, 0.2) is 0 Å². The van der Waals surface area contributed by atoms with E-state index in [1.807, 2.05) is 0 Å². The quantitative estimate of drug-likeness (QED) is 0.765. The fourth-order valence-electron chi connectivity index (χ4n) is 1.92. The van der Waals surface area contributed by atoms with Crippen molar-refractivity contribution in [3.05, 3.63) is 0 Å². The van der Waals surface area contributed by atoms with Crippen LogP contribution in [0.1, 0.15) is 34.6 Å². The number of nitrogens with zero attached hydrogens (tertiary/aromatic N) is 1. The lowest BCUT2D eigenvalue weighted by Crippen LogP contribution is -2.48. The highest BCUT2D eigenvalue weighted by Gasteiger charge is 2.54. The highest BCUT2D eigenvalue weighted by atomic mass is 16.6. The van der Waals surface area contributed by atoms with E-state index >= 15 is 0 Å². The first-order valence-electron chi connectivity index (χ1n) is 5.72. The SMILES string of the molecule is CC(C)(C)OC(=O)N1CC(=O)C(C)(C)C1C(=O)O. The molecule has 1 aliphatic rings. The molecule has 0 aromatic rings. The van der Waals surface area contributed by atoms with Crippen molar-refractivity contribution in [2.45, 2.75) is 46.3 Å². The minimum absolute atomic E-state index is 0.223. The average molecular weight is 257 g/mol. The molecule has 1 N–H and O–H groups in total. The lowest BCUT2D eigenvalue weighted by atomic mass is 9.84. The van der Waals surface area contributed by atoms with Crippen molar-refractivity contribution in [1.29, 1.82) is 0 Å². The minimum atomic E-state index is -1.20. The number of ether oxygens (including phenoxy) is 1. The van der Waals surface area contributed by atoms with Crippen LogP contribution in [0.2, 0.25) is 0 Å². The standard InChI is InChI=1S/C12H19NO5/c1-11(2,3)18-10(17)13-6-7(14)12(4,5)8(13)9(15)16/h8H,6H2,1-5H3,(H,15,16). The molecule has 0 radical (unpaired) electrons. The molecular formula is C12H19NO5. The van der Waals surface area contributed by atoms with Crippen molar-refractivity contribution in [2.24, 2.45) is 5.41 Å². The van der Waals surface area contributed by atoms with Crippen LogP contribution in [0.5, 0.6) is 0 Å². The highest BCUT2D eigenvalue weighted by molar-refractivity contribution is 5.99. The third-order valence-electron chi connectivity index (χ3n) is 2.89. The summed E-state index contributed by atoms with van der Waals surface area (Å²) in [6.07, 6.45) is -0.770. The molecule has 1 atom stereocenters. The molecule has 0 aliphatic carbocycles. The van der Waals surface area contributed by atoms with Crippen LogP contribution in [0.25, 0.3) is 0 Å². The summed E-state index contributed by atoms with van der Waals surface area (Å²) in [6, 6.07) is -1.18. The number of carboxylic acid groups (broad SMARTS) is 1. The van der Waals surface area contributed by atoms with Gasteiger partial charge in [-0.2, -0.15) is 0 Å². The predicted octanol–water partition coefficient (Wildman–Crippen LogP) is 1.29. The molecule has 1 amide bonds. The topological polar surface area (TPSA) is 83.9 Å². The number of rotatable bonds is 1. The van der Waals surface area contributed by atoms with Crippen LogP contribution in [0, 0.1) is 5.41 Å². The maximum absolute atomic E-state index is 11.9. The number of amides is 1. The Morgan fingerprint density at radius 1 is 1.39 bits per heavy atom. The lowest BCUT2D eigenvalue weighted by molar-refractivity contribution is -0.146. The second kappa shape index (κ2) is 4.26. The average Bonchev–Trinajstić information content (AvgIpc) is 2.35. The second-order valence-corrected chi connectivity index (χ2v) is 5.99. The fourth-order valence-corrected chi connectivity index (χ4v) is 1.92. The van der Waals surface area contributed by atoms with Crippen LogP contribution in [0.4, 0.5) is 4.79 Å². The zero-order valence-corrected chi connectivity index (χ0v) is 11.3. The normalized spacial score (nSPS) is 23.1. The first-order chi connectivity index (χ1) is 7.97. The molecule has 0 spiro atoms. The van der Waals surface area contributed by atoms with Gasteiger partial charge in [-0.3, -0.25) is 9.69 Å². The molecule has 1 fully saturated rings. The molecule has 0 aromatic carbocycles. The Morgan fingerprint density at radius 3 is 2.28 bits per heavy atom. The van der Waals surface area contributed by atoms with Gasteiger partial charge in [0, 0.05) is 0 Å². The Balaban J connectivity index is 2.99. The number of hydrogen-bond donors (Lipinski definition) is 1. The monoisotopic (exact) mass is 257 g/mol. The maximum atomic E-state index is 11.9. The second-order valence-electron chi connectivity index (χ2n) is 5.99. The van der Waals surface area contributed by atoms with Gasteiger partial charge in [0.05, 0.1) is 12.0 Å². The van der Waals surface area contributed by atoms with Crippen LogP contribution in [-0.4, -0.2) is 46.0 Å². The van der Waals surface area contributed by atoms with E-state index in [1.54, 1.807) is 20.8 Å². The Hall–Kier alpha value is -1.59. The smallest absolute Gasteiger partial charge is 0.411 e. The first kappa shape index (κ1) is 14.5. The largest absolute Gasteiger partial charge is 0.480 e. The van der Waals surface area contributed by atoms with Crippen molar-refractivity contribution >= 4 is 17.8 Å². The Bertz CT molecular complexity index is 394. The molecule has 1 rings (SSSR count). The van der Waals surface area contributed by atoms with Gasteiger partial charge in [0.1, 0.15) is 11.6 Å². The van der Waals surface area contributed by atoms with Crippen molar-refractivity contribution in [1.82, 2.24) is 4.90 Å². The van der Waals surface area contributed by atoms with E-state index in [0.29, 0.717) is 0 Å². The molecule has 6 nitrogen and oxygen atoms in total. The first-order valence-corrected chi connectivity index (χ1v) is 5.72. The number of likely N-dealkylation sites (tertiary alicyclic amines) is 1. The Kier molecular flexibility index (Phi) is 3.42. The van der Waals surface area contributed by atoms with E-state index in [0.717, 1.165) is 4.90 Å². The number of hydrogen-bond acceptors (Lipinski definition) is 4.